The Morgan fingerprint density at radius 3 is 0.963 bits per heavy atom. The zero-order valence-electron chi connectivity index (χ0n) is 18.3. The fourth-order valence-corrected chi connectivity index (χ4v) is 5.30. The molecule has 27 heavy (non-hydrogen) atoms. The van der Waals surface area contributed by atoms with Gasteiger partial charge in [-0.2, -0.15) is 0 Å². The second-order valence-corrected chi connectivity index (χ2v) is 9.90. The average molecular weight is 428 g/mol. The Kier molecular flexibility index (Phi) is 21.6. The number of hydrogen-bond acceptors (Lipinski definition) is 6. The maximum atomic E-state index is 6.03. The van der Waals surface area contributed by atoms with E-state index in [1.807, 2.05) is 0 Å². The van der Waals surface area contributed by atoms with E-state index in [2.05, 4.69) is 27.7 Å². The van der Waals surface area contributed by atoms with Gasteiger partial charge in [0, 0.05) is 0 Å². The zero-order chi connectivity index (χ0) is 20.1. The van der Waals surface area contributed by atoms with Crippen molar-refractivity contribution in [2.45, 2.75) is 79.1 Å². The van der Waals surface area contributed by atoms with Crippen molar-refractivity contribution in [1.29, 1.82) is 0 Å². The van der Waals surface area contributed by atoms with Crippen LogP contribution in [0.15, 0.2) is 0 Å². The van der Waals surface area contributed by atoms with Gasteiger partial charge in [0.1, 0.15) is 0 Å². The summed E-state index contributed by atoms with van der Waals surface area (Å²) >= 11 is -3.52. The first-order valence-electron chi connectivity index (χ1n) is 11.0. The van der Waals surface area contributed by atoms with E-state index >= 15 is 0 Å². The van der Waals surface area contributed by atoms with Crippen molar-refractivity contribution in [2.75, 3.05) is 52.9 Å². The first-order chi connectivity index (χ1) is 13.2. The second-order valence-electron chi connectivity index (χ2n) is 6.53. The molecule has 0 atom stereocenters. The molecule has 0 aromatic heterocycles. The Bertz CT molecular complexity index is 233. The van der Waals surface area contributed by atoms with Crippen LogP contribution in [0.3, 0.4) is 0 Å². The molecule has 7 heteroatoms. The normalized spacial score (nSPS) is 14.7. The van der Waals surface area contributed by atoms with Gasteiger partial charge in [-0.1, -0.05) is 0 Å². The summed E-state index contributed by atoms with van der Waals surface area (Å²) in [6.45, 7) is 14.5. The fraction of sp³-hybridized carbons (Fsp3) is 1.00. The minimum absolute atomic E-state index is 0.681. The first kappa shape index (κ1) is 27.5. The SMILES string of the molecule is C1COCCO1.CCCC[O][Ti]([O]CCCC)([O]CCCC)[O]CCCC. The predicted molar refractivity (Wildman–Crippen MR) is 105 cm³/mol. The van der Waals surface area contributed by atoms with E-state index in [1.54, 1.807) is 0 Å². The quantitative estimate of drug-likeness (QED) is 0.252. The van der Waals surface area contributed by atoms with Crippen LogP contribution in [0.5, 0.6) is 0 Å². The first-order valence-corrected chi connectivity index (χ1v) is 13.5. The van der Waals surface area contributed by atoms with Crippen LogP contribution in [0.2, 0.25) is 0 Å². The van der Waals surface area contributed by atoms with Gasteiger partial charge in [-0.15, -0.1) is 0 Å². The number of rotatable bonds is 16. The van der Waals surface area contributed by atoms with Gasteiger partial charge in [0.05, 0.1) is 26.4 Å². The fourth-order valence-electron chi connectivity index (χ4n) is 2.06. The summed E-state index contributed by atoms with van der Waals surface area (Å²) in [4.78, 5) is 0. The molecule has 0 amide bonds. The van der Waals surface area contributed by atoms with Crippen LogP contribution in [0.4, 0.5) is 0 Å². The molecular weight excluding hydrogens is 384 g/mol. The van der Waals surface area contributed by atoms with Crippen molar-refractivity contribution >= 4 is 0 Å². The maximum absolute atomic E-state index is 6.03. The third-order valence-corrected chi connectivity index (χ3v) is 7.33. The third-order valence-electron chi connectivity index (χ3n) is 3.85. The molecule has 0 aliphatic carbocycles. The van der Waals surface area contributed by atoms with E-state index in [-0.39, 0.29) is 0 Å². The molecule has 1 fully saturated rings. The van der Waals surface area contributed by atoms with Gasteiger partial charge in [0.15, 0.2) is 0 Å². The van der Waals surface area contributed by atoms with E-state index in [1.165, 1.54) is 0 Å². The molecular formula is C20H44O6Ti. The van der Waals surface area contributed by atoms with Crippen molar-refractivity contribution < 1.29 is 40.9 Å². The van der Waals surface area contributed by atoms with Gasteiger partial charge in [-0.3, -0.25) is 0 Å². The van der Waals surface area contributed by atoms with Gasteiger partial charge in [0.2, 0.25) is 0 Å². The second kappa shape index (κ2) is 21.2. The van der Waals surface area contributed by atoms with Crippen molar-refractivity contribution in [3.05, 3.63) is 0 Å². The summed E-state index contributed by atoms with van der Waals surface area (Å²) in [7, 11) is 0. The third kappa shape index (κ3) is 17.1. The summed E-state index contributed by atoms with van der Waals surface area (Å²) in [5.41, 5.74) is 0. The molecule has 1 saturated heterocycles. The van der Waals surface area contributed by atoms with Gasteiger partial charge < -0.3 is 9.47 Å². The predicted octanol–water partition coefficient (Wildman–Crippen LogP) is 5.10. The van der Waals surface area contributed by atoms with Crippen molar-refractivity contribution in [3.63, 3.8) is 0 Å². The molecule has 0 spiro atoms. The summed E-state index contributed by atoms with van der Waals surface area (Å²) in [6, 6.07) is 0. The molecule has 1 heterocycles. The number of unbranched alkanes of at least 4 members (excludes halogenated alkanes) is 4. The Morgan fingerprint density at radius 1 is 0.519 bits per heavy atom. The van der Waals surface area contributed by atoms with Crippen LogP contribution in [0, 0.1) is 0 Å². The minimum atomic E-state index is -3.52. The van der Waals surface area contributed by atoms with Crippen molar-refractivity contribution in [3.8, 4) is 0 Å². The summed E-state index contributed by atoms with van der Waals surface area (Å²) < 4.78 is 34.0. The zero-order valence-corrected chi connectivity index (χ0v) is 19.8. The summed E-state index contributed by atoms with van der Waals surface area (Å²) in [5.74, 6) is 0. The molecule has 164 valence electrons. The van der Waals surface area contributed by atoms with E-state index in [9.17, 15) is 0 Å². The molecule has 1 aliphatic rings. The van der Waals surface area contributed by atoms with Crippen LogP contribution in [0.1, 0.15) is 79.1 Å². The van der Waals surface area contributed by atoms with Gasteiger partial charge >= 0.3 is 137 Å². The number of ether oxygens (including phenoxy) is 2. The van der Waals surface area contributed by atoms with E-state index < -0.39 is 18.1 Å². The Morgan fingerprint density at radius 2 is 0.778 bits per heavy atom. The molecule has 1 aliphatic heterocycles. The Balaban J connectivity index is 0.000000941. The van der Waals surface area contributed by atoms with Crippen molar-refractivity contribution in [2.24, 2.45) is 0 Å². The molecule has 0 saturated carbocycles. The van der Waals surface area contributed by atoms with Crippen LogP contribution < -0.4 is 0 Å². The van der Waals surface area contributed by atoms with Crippen LogP contribution >= 0.6 is 0 Å². The standard InChI is InChI=1S/C4H8O2.4C4H9O.Ti/c1-2-6-4-3-5-1;4*1-2-3-4-5;/h1-4H2;4*2-4H2,1H3;/q;4*-1;+4. The van der Waals surface area contributed by atoms with Gasteiger partial charge in [-0.05, 0) is 0 Å². The van der Waals surface area contributed by atoms with E-state index in [0.29, 0.717) is 26.4 Å². The van der Waals surface area contributed by atoms with Crippen molar-refractivity contribution in [1.82, 2.24) is 0 Å². The van der Waals surface area contributed by atoms with E-state index in [4.69, 9.17) is 22.7 Å². The van der Waals surface area contributed by atoms with Crippen LogP contribution in [-0.4, -0.2) is 52.9 Å². The van der Waals surface area contributed by atoms with E-state index in [0.717, 1.165) is 77.8 Å². The molecule has 1 rings (SSSR count). The monoisotopic (exact) mass is 428 g/mol. The Labute approximate surface area is 172 Å². The molecule has 6 nitrogen and oxygen atoms in total. The average Bonchev–Trinajstić information content (AvgIpc) is 2.70. The summed E-state index contributed by atoms with van der Waals surface area (Å²) in [6.07, 6.45) is 8.54. The molecule has 0 aromatic carbocycles. The Hall–Kier alpha value is 0.474. The molecule has 0 radical (unpaired) electrons. The van der Waals surface area contributed by atoms with Crippen LogP contribution in [-0.2, 0) is 40.9 Å². The molecule has 0 aromatic rings. The van der Waals surface area contributed by atoms with Gasteiger partial charge in [0.25, 0.3) is 0 Å². The number of hydrogen-bond donors (Lipinski definition) is 0. The molecule has 0 unspecified atom stereocenters. The van der Waals surface area contributed by atoms with Gasteiger partial charge in [-0.25, -0.2) is 0 Å². The molecule has 0 N–H and O–H groups in total. The van der Waals surface area contributed by atoms with Crippen LogP contribution in [0.25, 0.3) is 0 Å². The molecule has 0 bridgehead atoms. The summed E-state index contributed by atoms with van der Waals surface area (Å²) in [5, 5.41) is 0. The topological polar surface area (TPSA) is 55.4 Å².